The number of carbonyl (C=O) groups is 3. The molecule has 0 atom stereocenters. The Bertz CT molecular complexity index is 1100. The fourth-order valence-corrected chi connectivity index (χ4v) is 3.61. The summed E-state index contributed by atoms with van der Waals surface area (Å²) in [6.07, 6.45) is -1.91. The maximum absolute atomic E-state index is 12.9. The lowest BCUT2D eigenvalue weighted by Crippen LogP contribution is -2.43. The van der Waals surface area contributed by atoms with Crippen molar-refractivity contribution in [3.05, 3.63) is 48.5 Å². The first-order chi connectivity index (χ1) is 14.7. The van der Waals surface area contributed by atoms with Crippen molar-refractivity contribution >= 4 is 45.3 Å². The van der Waals surface area contributed by atoms with Crippen LogP contribution in [0.1, 0.15) is 6.92 Å². The van der Waals surface area contributed by atoms with Gasteiger partial charge in [-0.1, -0.05) is 18.2 Å². The first-order valence-corrected chi connectivity index (χ1v) is 10.2. The van der Waals surface area contributed by atoms with Crippen molar-refractivity contribution in [1.82, 2.24) is 10.6 Å². The minimum absolute atomic E-state index is 0.0535. The molecule has 0 bridgehead atoms. The lowest BCUT2D eigenvalue weighted by atomic mass is 10.2. The molecule has 2 rings (SSSR count). The molecule has 0 spiro atoms. The molecule has 0 unspecified atom stereocenters. The Morgan fingerprint density at radius 1 is 0.871 bits per heavy atom. The predicted octanol–water partition coefficient (Wildman–Crippen LogP) is 2.18. The molecule has 0 saturated heterocycles. The SMILES string of the molecule is COC(=O)NC(=Nc1cc(S(=O)(=O)c2ccccc2)ccc1NC(C)=O)NC(=O)OC. The maximum Gasteiger partial charge on any atom is 0.413 e. The highest BCUT2D eigenvalue weighted by atomic mass is 32.2. The lowest BCUT2D eigenvalue weighted by molar-refractivity contribution is -0.114. The third-order valence-electron chi connectivity index (χ3n) is 3.69. The number of ether oxygens (including phenoxy) is 2. The van der Waals surface area contributed by atoms with Gasteiger partial charge in [0.1, 0.15) is 0 Å². The van der Waals surface area contributed by atoms with E-state index in [-0.39, 0.29) is 21.2 Å². The normalized spacial score (nSPS) is 10.4. The minimum atomic E-state index is -3.90. The number of alkyl carbamates (subject to hydrolysis) is 2. The average Bonchev–Trinajstić information content (AvgIpc) is 2.74. The zero-order valence-electron chi connectivity index (χ0n) is 16.8. The number of benzene rings is 2. The summed E-state index contributed by atoms with van der Waals surface area (Å²) in [4.78, 5) is 38.7. The molecule has 0 aliphatic carbocycles. The van der Waals surface area contributed by atoms with Gasteiger partial charge in [-0.2, -0.15) is 0 Å². The van der Waals surface area contributed by atoms with E-state index in [4.69, 9.17) is 0 Å². The highest BCUT2D eigenvalue weighted by molar-refractivity contribution is 7.91. The second kappa shape index (κ2) is 10.2. The molecule has 12 heteroatoms. The van der Waals surface area contributed by atoms with E-state index in [2.05, 4.69) is 30.4 Å². The van der Waals surface area contributed by atoms with Gasteiger partial charge in [-0.25, -0.2) is 23.0 Å². The van der Waals surface area contributed by atoms with Crippen LogP contribution in [0.5, 0.6) is 0 Å². The number of nitrogens with one attached hydrogen (secondary N) is 3. The number of nitrogens with zero attached hydrogens (tertiary/aromatic N) is 1. The Morgan fingerprint density at radius 2 is 1.45 bits per heavy atom. The van der Waals surface area contributed by atoms with Crippen LogP contribution in [-0.4, -0.2) is 46.7 Å². The molecule has 0 saturated carbocycles. The van der Waals surface area contributed by atoms with Gasteiger partial charge in [0.15, 0.2) is 0 Å². The van der Waals surface area contributed by atoms with E-state index in [0.717, 1.165) is 14.2 Å². The van der Waals surface area contributed by atoms with Gasteiger partial charge in [0, 0.05) is 6.92 Å². The van der Waals surface area contributed by atoms with Gasteiger partial charge < -0.3 is 14.8 Å². The van der Waals surface area contributed by atoms with Gasteiger partial charge in [0.05, 0.1) is 35.4 Å². The van der Waals surface area contributed by atoms with Crippen LogP contribution in [0.15, 0.2) is 63.3 Å². The van der Waals surface area contributed by atoms with Gasteiger partial charge in [-0.15, -0.1) is 0 Å². The van der Waals surface area contributed by atoms with E-state index in [1.807, 2.05) is 0 Å². The third-order valence-corrected chi connectivity index (χ3v) is 5.45. The van der Waals surface area contributed by atoms with Crippen LogP contribution in [0, 0.1) is 0 Å². The molecule has 0 aromatic heterocycles. The van der Waals surface area contributed by atoms with Crippen molar-refractivity contribution in [2.45, 2.75) is 16.7 Å². The van der Waals surface area contributed by atoms with Crippen LogP contribution >= 0.6 is 0 Å². The number of rotatable bonds is 4. The minimum Gasteiger partial charge on any atom is -0.453 e. The standard InChI is InChI=1S/C19H20N4O7S/c1-12(24)20-15-10-9-14(31(27,28)13-7-5-4-6-8-13)11-16(15)21-17(22-18(25)29-2)23-19(26)30-3/h4-11H,1-3H3,(H,20,24)(H2,21,22,23,25,26). The molecule has 2 aromatic rings. The average molecular weight is 448 g/mol. The molecular formula is C19H20N4O7S. The van der Waals surface area contributed by atoms with Crippen LogP contribution < -0.4 is 16.0 Å². The number of methoxy groups -OCH3 is 2. The van der Waals surface area contributed by atoms with E-state index in [9.17, 15) is 22.8 Å². The highest BCUT2D eigenvalue weighted by Crippen LogP contribution is 2.31. The molecule has 31 heavy (non-hydrogen) atoms. The van der Waals surface area contributed by atoms with E-state index >= 15 is 0 Å². The summed E-state index contributed by atoms with van der Waals surface area (Å²) in [5, 5.41) is 6.83. The Morgan fingerprint density at radius 3 is 1.97 bits per heavy atom. The van der Waals surface area contributed by atoms with Crippen molar-refractivity contribution in [3.8, 4) is 0 Å². The monoisotopic (exact) mass is 448 g/mol. The number of sulfone groups is 1. The highest BCUT2D eigenvalue weighted by Gasteiger charge is 2.20. The number of aliphatic imine (C=N–C) groups is 1. The van der Waals surface area contributed by atoms with Crippen LogP contribution in [-0.2, 0) is 24.1 Å². The van der Waals surface area contributed by atoms with E-state index < -0.39 is 33.9 Å². The Balaban J connectivity index is 2.61. The largest absolute Gasteiger partial charge is 0.453 e. The van der Waals surface area contributed by atoms with E-state index in [0.29, 0.717) is 0 Å². The van der Waals surface area contributed by atoms with Gasteiger partial charge >= 0.3 is 12.2 Å². The number of amides is 3. The molecule has 0 radical (unpaired) electrons. The second-order valence-electron chi connectivity index (χ2n) is 5.87. The molecule has 0 aliphatic heterocycles. The lowest BCUT2D eigenvalue weighted by Gasteiger charge is -2.13. The summed E-state index contributed by atoms with van der Waals surface area (Å²) in [5.41, 5.74) is 0.0744. The van der Waals surface area contributed by atoms with E-state index in [1.54, 1.807) is 18.2 Å². The summed E-state index contributed by atoms with van der Waals surface area (Å²) in [5.74, 6) is -0.863. The number of hydrogen-bond acceptors (Lipinski definition) is 8. The van der Waals surface area contributed by atoms with Gasteiger partial charge in [-0.3, -0.25) is 15.4 Å². The fourth-order valence-electron chi connectivity index (χ4n) is 2.31. The molecule has 0 heterocycles. The van der Waals surface area contributed by atoms with Crippen LogP contribution in [0.3, 0.4) is 0 Å². The fraction of sp³-hybridized carbons (Fsp3) is 0.158. The quantitative estimate of drug-likeness (QED) is 0.479. The van der Waals surface area contributed by atoms with Crippen LogP contribution in [0.4, 0.5) is 21.0 Å². The summed E-state index contributed by atoms with van der Waals surface area (Å²) < 4.78 is 34.8. The molecule has 0 fully saturated rings. The topological polar surface area (TPSA) is 152 Å². The first-order valence-electron chi connectivity index (χ1n) is 8.67. The smallest absolute Gasteiger partial charge is 0.413 e. The molecule has 3 N–H and O–H groups in total. The number of hydrogen-bond donors (Lipinski definition) is 3. The van der Waals surface area contributed by atoms with Crippen molar-refractivity contribution in [1.29, 1.82) is 0 Å². The second-order valence-corrected chi connectivity index (χ2v) is 7.82. The molecule has 164 valence electrons. The summed E-state index contributed by atoms with van der Waals surface area (Å²) in [7, 11) is -1.71. The number of carbonyl (C=O) groups excluding carboxylic acids is 3. The molecule has 0 aliphatic rings. The zero-order chi connectivity index (χ0) is 23.0. The van der Waals surface area contributed by atoms with Crippen molar-refractivity contribution in [2.75, 3.05) is 19.5 Å². The Labute approximate surface area is 178 Å². The molecular weight excluding hydrogens is 428 g/mol. The van der Waals surface area contributed by atoms with Crippen molar-refractivity contribution < 1.29 is 32.3 Å². The summed E-state index contributed by atoms with van der Waals surface area (Å²) in [6, 6.07) is 11.5. The van der Waals surface area contributed by atoms with Gasteiger partial charge in [0.2, 0.25) is 21.7 Å². The summed E-state index contributed by atoms with van der Waals surface area (Å²) in [6.45, 7) is 1.25. The molecule has 11 nitrogen and oxygen atoms in total. The first kappa shape index (κ1) is 23.3. The van der Waals surface area contributed by atoms with Gasteiger partial charge in [0.25, 0.3) is 0 Å². The van der Waals surface area contributed by atoms with Crippen LogP contribution in [0.2, 0.25) is 0 Å². The maximum atomic E-state index is 12.9. The number of guanidine groups is 1. The van der Waals surface area contributed by atoms with E-state index in [1.165, 1.54) is 37.3 Å². The Kier molecular flexibility index (Phi) is 7.69. The summed E-state index contributed by atoms with van der Waals surface area (Å²) >= 11 is 0. The molecule has 2 aromatic carbocycles. The zero-order valence-corrected chi connectivity index (χ0v) is 17.6. The Hall–Kier alpha value is -3.93. The molecule has 3 amide bonds. The predicted molar refractivity (Wildman–Crippen MR) is 111 cm³/mol. The van der Waals surface area contributed by atoms with Crippen molar-refractivity contribution in [3.63, 3.8) is 0 Å². The van der Waals surface area contributed by atoms with Gasteiger partial charge in [-0.05, 0) is 30.3 Å². The van der Waals surface area contributed by atoms with Crippen LogP contribution in [0.25, 0.3) is 0 Å². The third kappa shape index (κ3) is 6.27. The number of anilines is 1. The van der Waals surface area contributed by atoms with Crippen molar-refractivity contribution in [2.24, 2.45) is 4.99 Å².